The van der Waals surface area contributed by atoms with E-state index in [9.17, 15) is 10.1 Å². The molecule has 2 aromatic heterocycles. The minimum absolute atomic E-state index is 0. The maximum Gasteiger partial charge on any atom is 0.269 e. The zero-order valence-electron chi connectivity index (χ0n) is 13.5. The van der Waals surface area contributed by atoms with Crippen molar-refractivity contribution in [3.8, 4) is 5.69 Å². The fraction of sp³-hybridized carbons (Fsp3) is 0.0714. The Labute approximate surface area is 160 Å². The van der Waals surface area contributed by atoms with Gasteiger partial charge in [-0.25, -0.2) is 10.1 Å². The molecule has 2 heterocycles. The molecule has 10 nitrogen and oxygen atoms in total. The van der Waals surface area contributed by atoms with Gasteiger partial charge < -0.3 is 10.4 Å². The molecular formula is C14H16Cl2N8O2. The Morgan fingerprint density at radius 2 is 1.92 bits per heavy atom. The molecule has 26 heavy (non-hydrogen) atoms. The number of anilines is 1. The zero-order valence-corrected chi connectivity index (χ0v) is 15.1. The fourth-order valence-electron chi connectivity index (χ4n) is 2.01. The summed E-state index contributed by atoms with van der Waals surface area (Å²) in [5.41, 5.74) is 4.40. The number of rotatable bonds is 5. The second kappa shape index (κ2) is 8.83. The van der Waals surface area contributed by atoms with Crippen LogP contribution in [0.2, 0.25) is 0 Å². The molecule has 0 radical (unpaired) electrons. The number of hydrogen-bond donors (Lipinski definition) is 2. The van der Waals surface area contributed by atoms with Crippen LogP contribution in [0.5, 0.6) is 0 Å². The Bertz CT molecular complexity index is 904. The Balaban J connectivity index is 0.00000169. The smallest absolute Gasteiger partial charge is 0.269 e. The monoisotopic (exact) mass is 398 g/mol. The molecule has 0 atom stereocenters. The summed E-state index contributed by atoms with van der Waals surface area (Å²) in [6.45, 7) is 1.73. The van der Waals surface area contributed by atoms with Crippen LogP contribution in [0.15, 0.2) is 47.8 Å². The topological polar surface area (TPSA) is 129 Å². The molecular weight excluding hydrogens is 383 g/mol. The maximum absolute atomic E-state index is 10.7. The molecule has 0 spiro atoms. The van der Waals surface area contributed by atoms with Gasteiger partial charge >= 0.3 is 0 Å². The second-order valence-electron chi connectivity index (χ2n) is 4.94. The fourth-order valence-corrected chi connectivity index (χ4v) is 2.01. The first-order valence-electron chi connectivity index (χ1n) is 6.93. The molecule has 0 saturated heterocycles. The lowest BCUT2D eigenvalue weighted by Crippen LogP contribution is -2.13. The molecule has 12 heteroatoms. The number of hydrazone groups is 1. The normalized spacial score (nSPS) is 10.2. The summed E-state index contributed by atoms with van der Waals surface area (Å²) >= 11 is 0. The largest absolute Gasteiger partial charge is 0.335 e. The van der Waals surface area contributed by atoms with Gasteiger partial charge in [0.05, 0.1) is 11.1 Å². The number of nitro groups is 1. The van der Waals surface area contributed by atoms with Gasteiger partial charge in [-0.1, -0.05) is 0 Å². The molecule has 0 fully saturated rings. The number of nitrogens with two attached hydrogens (primary N) is 1. The molecule has 0 aliphatic heterocycles. The highest BCUT2D eigenvalue weighted by Crippen LogP contribution is 2.16. The minimum Gasteiger partial charge on any atom is -0.335 e. The molecule has 0 aliphatic rings. The maximum atomic E-state index is 10.7. The van der Waals surface area contributed by atoms with E-state index in [4.69, 9.17) is 5.84 Å². The molecule has 1 aromatic carbocycles. The molecule has 3 rings (SSSR count). The zero-order chi connectivity index (χ0) is 17.1. The van der Waals surface area contributed by atoms with Crippen molar-refractivity contribution >= 4 is 42.7 Å². The van der Waals surface area contributed by atoms with Crippen molar-refractivity contribution < 1.29 is 4.92 Å². The highest BCUT2D eigenvalue weighted by atomic mass is 35.5. The third-order valence-corrected chi connectivity index (χ3v) is 3.32. The van der Waals surface area contributed by atoms with E-state index in [1.54, 1.807) is 25.3 Å². The first kappa shape index (κ1) is 20.9. The van der Waals surface area contributed by atoms with Crippen molar-refractivity contribution in [2.45, 2.75) is 6.92 Å². The lowest BCUT2D eigenvalue weighted by molar-refractivity contribution is -0.384. The first-order chi connectivity index (χ1) is 11.5. The van der Waals surface area contributed by atoms with Gasteiger partial charge in [-0.05, 0) is 25.1 Å². The Kier molecular flexibility index (Phi) is 7.11. The van der Waals surface area contributed by atoms with Gasteiger partial charge in [0.15, 0.2) is 5.82 Å². The molecule has 0 aliphatic carbocycles. The number of halogens is 2. The summed E-state index contributed by atoms with van der Waals surface area (Å²) in [4.78, 5) is 10.2. The van der Waals surface area contributed by atoms with E-state index in [1.807, 2.05) is 23.0 Å². The van der Waals surface area contributed by atoms with Crippen LogP contribution < -0.4 is 11.3 Å². The van der Waals surface area contributed by atoms with Crippen LogP contribution in [0.3, 0.4) is 0 Å². The van der Waals surface area contributed by atoms with Crippen LogP contribution in [-0.4, -0.2) is 30.6 Å². The number of non-ortho nitro benzene ring substituents is 1. The van der Waals surface area contributed by atoms with Crippen molar-refractivity contribution in [2.75, 3.05) is 11.3 Å². The van der Waals surface area contributed by atoms with Crippen LogP contribution in [0, 0.1) is 17.0 Å². The summed E-state index contributed by atoms with van der Waals surface area (Å²) in [6, 6.07) is 8.13. The number of nitrogens with zero attached hydrogens (tertiary/aromatic N) is 6. The van der Waals surface area contributed by atoms with Gasteiger partial charge in [-0.3, -0.25) is 10.1 Å². The number of nitrogens with one attached hydrogen (secondary N) is 1. The summed E-state index contributed by atoms with van der Waals surface area (Å²) in [7, 11) is 0. The van der Waals surface area contributed by atoms with E-state index in [0.29, 0.717) is 11.8 Å². The van der Waals surface area contributed by atoms with Crippen molar-refractivity contribution in [3.05, 3.63) is 64.2 Å². The third kappa shape index (κ3) is 4.49. The SMILES string of the molecule is Cc1nnc(N/N=C/c2ccn(-c3ccc([N+](=O)[O-])cc3)c2)n1N.Cl.Cl. The molecule has 0 bridgehead atoms. The van der Waals surface area contributed by atoms with E-state index in [-0.39, 0.29) is 30.5 Å². The van der Waals surface area contributed by atoms with Crippen molar-refractivity contribution in [1.82, 2.24) is 19.4 Å². The quantitative estimate of drug-likeness (QED) is 0.293. The van der Waals surface area contributed by atoms with Crippen molar-refractivity contribution in [1.29, 1.82) is 0 Å². The van der Waals surface area contributed by atoms with Crippen LogP contribution in [-0.2, 0) is 0 Å². The Morgan fingerprint density at radius 1 is 1.23 bits per heavy atom. The summed E-state index contributed by atoms with van der Waals surface area (Å²) in [5, 5.41) is 22.3. The van der Waals surface area contributed by atoms with E-state index in [2.05, 4.69) is 20.7 Å². The summed E-state index contributed by atoms with van der Waals surface area (Å²) in [6.07, 6.45) is 5.27. The molecule has 0 unspecified atom stereocenters. The number of hydrogen-bond acceptors (Lipinski definition) is 7. The van der Waals surface area contributed by atoms with E-state index in [0.717, 1.165) is 11.3 Å². The predicted octanol–water partition coefficient (Wildman–Crippen LogP) is 2.29. The lowest BCUT2D eigenvalue weighted by Gasteiger charge is -2.01. The highest BCUT2D eigenvalue weighted by molar-refractivity contribution is 5.85. The van der Waals surface area contributed by atoms with Gasteiger partial charge in [-0.2, -0.15) is 5.10 Å². The van der Waals surface area contributed by atoms with Gasteiger partial charge in [0.2, 0.25) is 0 Å². The van der Waals surface area contributed by atoms with Crippen LogP contribution in [0.4, 0.5) is 11.6 Å². The molecule has 3 N–H and O–H groups in total. The second-order valence-corrected chi connectivity index (χ2v) is 4.94. The summed E-state index contributed by atoms with van der Waals surface area (Å²) in [5.74, 6) is 6.60. The average molecular weight is 399 g/mol. The summed E-state index contributed by atoms with van der Waals surface area (Å²) < 4.78 is 3.13. The molecule has 0 amide bonds. The van der Waals surface area contributed by atoms with Gasteiger partial charge in [0, 0.05) is 35.8 Å². The van der Waals surface area contributed by atoms with Gasteiger partial charge in [0.25, 0.3) is 11.6 Å². The van der Waals surface area contributed by atoms with Crippen LogP contribution in [0.1, 0.15) is 11.4 Å². The number of nitro benzene ring substituents is 1. The standard InChI is InChI=1S/C14H14N8O2.2ClH/c1-10-17-19-14(21(10)15)18-16-8-11-6-7-20(9-11)12-2-4-13(5-3-12)22(23)24;;/h2-9H,15H2,1H3,(H,18,19);2*1H/b16-8+;;. The number of aromatic nitrogens is 4. The van der Waals surface area contributed by atoms with E-state index < -0.39 is 4.92 Å². The van der Waals surface area contributed by atoms with Crippen molar-refractivity contribution in [3.63, 3.8) is 0 Å². The number of nitrogen functional groups attached to an aromatic ring is 1. The van der Waals surface area contributed by atoms with Crippen LogP contribution >= 0.6 is 24.8 Å². The predicted molar refractivity (Wildman–Crippen MR) is 103 cm³/mol. The first-order valence-corrected chi connectivity index (χ1v) is 6.93. The third-order valence-electron chi connectivity index (χ3n) is 3.32. The van der Waals surface area contributed by atoms with E-state index >= 15 is 0 Å². The van der Waals surface area contributed by atoms with Crippen molar-refractivity contribution in [2.24, 2.45) is 5.10 Å². The Hall–Kier alpha value is -3.11. The molecule has 138 valence electrons. The number of aryl methyl sites for hydroxylation is 1. The molecule has 3 aromatic rings. The number of benzene rings is 1. The minimum atomic E-state index is -0.429. The Morgan fingerprint density at radius 3 is 2.50 bits per heavy atom. The lowest BCUT2D eigenvalue weighted by atomic mass is 10.3. The van der Waals surface area contributed by atoms with Crippen LogP contribution in [0.25, 0.3) is 5.69 Å². The average Bonchev–Trinajstić information content (AvgIpc) is 3.17. The van der Waals surface area contributed by atoms with E-state index in [1.165, 1.54) is 16.8 Å². The van der Waals surface area contributed by atoms with Gasteiger partial charge in [0.1, 0.15) is 0 Å². The molecule has 0 saturated carbocycles. The highest BCUT2D eigenvalue weighted by Gasteiger charge is 2.05. The van der Waals surface area contributed by atoms with Gasteiger partial charge in [-0.15, -0.1) is 35.0 Å².